The number of aromatic nitrogens is 4. The summed E-state index contributed by atoms with van der Waals surface area (Å²) >= 11 is 1.17. The first kappa shape index (κ1) is 19.3. The molecule has 3 heterocycles. The second kappa shape index (κ2) is 8.05. The molecule has 27 heavy (non-hydrogen) atoms. The summed E-state index contributed by atoms with van der Waals surface area (Å²) in [5, 5.41) is 7.46. The van der Waals surface area contributed by atoms with Gasteiger partial charge >= 0.3 is 6.43 Å². The molecule has 0 saturated heterocycles. The van der Waals surface area contributed by atoms with Gasteiger partial charge in [0.2, 0.25) is 5.56 Å². The number of anilines is 1. The molecule has 3 aromatic rings. The van der Waals surface area contributed by atoms with Gasteiger partial charge in [-0.1, -0.05) is 6.92 Å². The third-order valence-electron chi connectivity index (χ3n) is 3.52. The molecule has 0 spiro atoms. The van der Waals surface area contributed by atoms with Crippen LogP contribution in [0.25, 0.3) is 10.8 Å². The van der Waals surface area contributed by atoms with Gasteiger partial charge in [-0.15, -0.1) is 21.5 Å². The average molecular weight is 415 g/mol. The molecule has 0 saturated carbocycles. The van der Waals surface area contributed by atoms with Crippen LogP contribution in [-0.4, -0.2) is 29.7 Å². The van der Waals surface area contributed by atoms with E-state index in [2.05, 4.69) is 15.2 Å². The van der Waals surface area contributed by atoms with Crippen molar-refractivity contribution in [1.29, 1.82) is 0 Å². The van der Waals surface area contributed by atoms with E-state index in [9.17, 15) is 17.8 Å². The predicted octanol–water partition coefficient (Wildman–Crippen LogP) is 2.52. The maximum Gasteiger partial charge on any atom is 0.314 e. The summed E-state index contributed by atoms with van der Waals surface area (Å²) in [7, 11) is 0.273. The van der Waals surface area contributed by atoms with Crippen molar-refractivity contribution in [1.82, 2.24) is 19.7 Å². The average Bonchev–Trinajstić information content (AvgIpc) is 3.30. The van der Waals surface area contributed by atoms with E-state index in [0.717, 1.165) is 0 Å². The van der Waals surface area contributed by atoms with Crippen molar-refractivity contribution in [2.75, 3.05) is 10.1 Å². The largest absolute Gasteiger partial charge is 0.414 e. The number of hydrogen-bond donors (Lipinski definition) is 0. The number of hydrogen-bond acceptors (Lipinski definition) is 7. The van der Waals surface area contributed by atoms with Crippen molar-refractivity contribution >= 4 is 28.0 Å². The van der Waals surface area contributed by atoms with Gasteiger partial charge in [0.05, 0.1) is 18.4 Å². The highest BCUT2D eigenvalue weighted by atomic mass is 32.2. The monoisotopic (exact) mass is 415 g/mol. The summed E-state index contributed by atoms with van der Waals surface area (Å²) in [4.78, 5) is 16.2. The SMILES string of the molecule is CCS(=O)N(Cc1ncc(-c2nnc(C(F)F)o2)s1)c1ccc(=O)n(C)c1. The molecule has 0 radical (unpaired) electrons. The third-order valence-corrected chi connectivity index (χ3v) is 5.82. The standard InChI is InChI=1S/C15H15F2N5O3S2/c1-3-27(24)22(9-4-5-12(23)21(2)7-9)8-11-18-6-10(26-11)14-19-20-15(25-14)13(16)17/h4-7,13H,3,8H2,1-2H3. The summed E-state index contributed by atoms with van der Waals surface area (Å²) < 4.78 is 45.5. The van der Waals surface area contributed by atoms with E-state index in [0.29, 0.717) is 21.3 Å². The first-order valence-electron chi connectivity index (χ1n) is 7.78. The van der Waals surface area contributed by atoms with Crippen LogP contribution in [0.2, 0.25) is 0 Å². The molecule has 0 fully saturated rings. The first-order chi connectivity index (χ1) is 12.9. The second-order valence-electron chi connectivity index (χ2n) is 5.35. The van der Waals surface area contributed by atoms with Crippen molar-refractivity contribution in [3.8, 4) is 10.8 Å². The topological polar surface area (TPSA) is 94.1 Å². The molecule has 0 bridgehead atoms. The predicted molar refractivity (Wildman–Crippen MR) is 96.9 cm³/mol. The highest BCUT2D eigenvalue weighted by Gasteiger charge is 2.20. The van der Waals surface area contributed by atoms with Gasteiger partial charge < -0.3 is 8.98 Å². The number of nitrogens with zero attached hydrogens (tertiary/aromatic N) is 5. The van der Waals surface area contributed by atoms with Crippen molar-refractivity contribution in [2.45, 2.75) is 19.9 Å². The molecule has 12 heteroatoms. The summed E-state index contributed by atoms with van der Waals surface area (Å²) in [6, 6.07) is 2.99. The molecule has 0 N–H and O–H groups in total. The quantitative estimate of drug-likeness (QED) is 0.589. The number of thiazole rings is 1. The van der Waals surface area contributed by atoms with E-state index in [-0.39, 0.29) is 18.0 Å². The summed E-state index contributed by atoms with van der Waals surface area (Å²) in [6.07, 6.45) is 0.194. The molecule has 0 aliphatic carbocycles. The van der Waals surface area contributed by atoms with Crippen LogP contribution in [0.1, 0.15) is 24.2 Å². The van der Waals surface area contributed by atoms with Gasteiger partial charge in [0.1, 0.15) is 20.9 Å². The molecular formula is C15H15F2N5O3S2. The molecule has 0 amide bonds. The van der Waals surface area contributed by atoms with Gasteiger partial charge in [-0.25, -0.2) is 9.19 Å². The zero-order chi connectivity index (χ0) is 19.6. The summed E-state index contributed by atoms with van der Waals surface area (Å²) in [6.45, 7) is 1.99. The van der Waals surface area contributed by atoms with Gasteiger partial charge in [0, 0.05) is 25.1 Å². The molecule has 0 aliphatic rings. The normalized spacial score (nSPS) is 12.5. The number of rotatable bonds is 7. The molecule has 1 atom stereocenters. The Morgan fingerprint density at radius 2 is 2.15 bits per heavy atom. The Hall–Kier alpha value is -2.47. The van der Waals surface area contributed by atoms with Crippen LogP contribution in [0.15, 0.2) is 33.7 Å². The Bertz CT molecular complexity index is 1020. The van der Waals surface area contributed by atoms with Crippen LogP contribution < -0.4 is 9.86 Å². The Kier molecular flexibility index (Phi) is 5.75. The van der Waals surface area contributed by atoms with E-state index in [4.69, 9.17) is 4.42 Å². The van der Waals surface area contributed by atoms with E-state index in [1.165, 1.54) is 28.2 Å². The fourth-order valence-corrected chi connectivity index (χ4v) is 4.02. The molecule has 3 rings (SSSR count). The van der Waals surface area contributed by atoms with Crippen LogP contribution in [0.5, 0.6) is 0 Å². The Labute approximate surface area is 159 Å². The van der Waals surface area contributed by atoms with Crippen molar-refractivity contribution in [2.24, 2.45) is 7.05 Å². The van der Waals surface area contributed by atoms with Gasteiger partial charge in [0.25, 0.3) is 11.8 Å². The van der Waals surface area contributed by atoms with Crippen LogP contribution in [0.4, 0.5) is 14.5 Å². The Morgan fingerprint density at radius 3 is 2.78 bits per heavy atom. The molecule has 8 nitrogen and oxygen atoms in total. The Balaban J connectivity index is 1.86. The lowest BCUT2D eigenvalue weighted by molar-refractivity contribution is 0.116. The van der Waals surface area contributed by atoms with E-state index in [1.807, 2.05) is 0 Å². The smallest absolute Gasteiger partial charge is 0.314 e. The van der Waals surface area contributed by atoms with Crippen molar-refractivity contribution in [3.63, 3.8) is 0 Å². The number of aryl methyl sites for hydroxylation is 1. The molecule has 3 aromatic heterocycles. The summed E-state index contributed by atoms with van der Waals surface area (Å²) in [5.74, 6) is -0.416. The summed E-state index contributed by atoms with van der Waals surface area (Å²) in [5.41, 5.74) is 0.426. The van der Waals surface area contributed by atoms with Gasteiger partial charge in [0.15, 0.2) is 0 Å². The van der Waals surface area contributed by atoms with Crippen LogP contribution in [-0.2, 0) is 24.6 Å². The van der Waals surface area contributed by atoms with E-state index in [1.54, 1.807) is 30.5 Å². The lowest BCUT2D eigenvalue weighted by atomic mass is 10.4. The zero-order valence-corrected chi connectivity index (χ0v) is 16.0. The minimum atomic E-state index is -2.84. The van der Waals surface area contributed by atoms with Gasteiger partial charge in [-0.2, -0.15) is 8.78 Å². The highest BCUT2D eigenvalue weighted by molar-refractivity contribution is 7.86. The maximum absolute atomic E-state index is 12.6. The van der Waals surface area contributed by atoms with Crippen LogP contribution in [0, 0.1) is 0 Å². The number of pyridine rings is 1. The number of alkyl halides is 2. The van der Waals surface area contributed by atoms with Crippen LogP contribution in [0.3, 0.4) is 0 Å². The number of halogens is 2. The lowest BCUT2D eigenvalue weighted by Gasteiger charge is -2.22. The third kappa shape index (κ3) is 4.27. The van der Waals surface area contributed by atoms with Gasteiger partial charge in [-0.05, 0) is 6.07 Å². The molecule has 144 valence electrons. The highest BCUT2D eigenvalue weighted by Crippen LogP contribution is 2.29. The fourth-order valence-electron chi connectivity index (χ4n) is 2.19. The zero-order valence-electron chi connectivity index (χ0n) is 14.3. The lowest BCUT2D eigenvalue weighted by Crippen LogP contribution is -2.28. The van der Waals surface area contributed by atoms with E-state index < -0.39 is 23.3 Å². The maximum atomic E-state index is 12.6. The molecular weight excluding hydrogens is 400 g/mol. The molecule has 0 aromatic carbocycles. The second-order valence-corrected chi connectivity index (χ2v) is 8.12. The fraction of sp³-hybridized carbons (Fsp3) is 0.333. The minimum Gasteiger partial charge on any atom is -0.414 e. The molecule has 1 unspecified atom stereocenters. The Morgan fingerprint density at radius 1 is 1.37 bits per heavy atom. The van der Waals surface area contributed by atoms with Crippen LogP contribution >= 0.6 is 11.3 Å². The molecule has 0 aliphatic heterocycles. The first-order valence-corrected chi connectivity index (χ1v) is 9.87. The van der Waals surface area contributed by atoms with Crippen molar-refractivity contribution < 1.29 is 17.4 Å². The van der Waals surface area contributed by atoms with Crippen molar-refractivity contribution in [3.05, 3.63) is 45.8 Å². The van der Waals surface area contributed by atoms with Gasteiger partial charge in [-0.3, -0.25) is 9.10 Å². The minimum absolute atomic E-state index is 0.0423. The van der Waals surface area contributed by atoms with E-state index >= 15 is 0 Å².